The minimum absolute atomic E-state index is 0.0836. The summed E-state index contributed by atoms with van der Waals surface area (Å²) in [6.45, 7) is 0.722. The number of carbonyl (C=O) groups is 3. The van der Waals surface area contributed by atoms with Crippen LogP contribution >= 0.6 is 0 Å². The number of ether oxygens (including phenoxy) is 1. The molecule has 1 aliphatic heterocycles. The number of benzene rings is 2. The zero-order valence-corrected chi connectivity index (χ0v) is 17.6. The van der Waals surface area contributed by atoms with Crippen molar-refractivity contribution in [3.63, 3.8) is 0 Å². The smallest absolute Gasteiger partial charge is 0.261 e. The van der Waals surface area contributed by atoms with E-state index in [4.69, 9.17) is 4.74 Å². The van der Waals surface area contributed by atoms with Crippen molar-refractivity contribution < 1.29 is 24.0 Å². The van der Waals surface area contributed by atoms with E-state index in [-0.39, 0.29) is 36.7 Å². The Morgan fingerprint density at radius 2 is 1.73 bits per heavy atom. The fourth-order valence-electron chi connectivity index (χ4n) is 3.66. The lowest BCUT2D eigenvalue weighted by atomic mass is 10.1. The van der Waals surface area contributed by atoms with Gasteiger partial charge in [0, 0.05) is 18.5 Å². The van der Waals surface area contributed by atoms with E-state index in [0.29, 0.717) is 24.1 Å². The minimum atomic E-state index is -0.287. The van der Waals surface area contributed by atoms with Crippen LogP contribution in [0.25, 0.3) is 0 Å². The lowest BCUT2D eigenvalue weighted by Gasteiger charge is -2.22. The number of rotatable bonds is 9. The SMILES string of the molecule is COc1cccc([C@@H](CNC(=O)CCCN2C(=O)c3ccccc3C2=O)[NH+](C)C)c1. The molecule has 2 N–H and O–H groups in total. The van der Waals surface area contributed by atoms with Crippen LogP contribution in [-0.4, -0.2) is 56.9 Å². The number of carbonyl (C=O) groups excluding carboxylic acids is 3. The van der Waals surface area contributed by atoms with Crippen LogP contribution in [0, 0.1) is 0 Å². The quantitative estimate of drug-likeness (QED) is 0.606. The summed E-state index contributed by atoms with van der Waals surface area (Å²) >= 11 is 0. The average Bonchev–Trinajstić information content (AvgIpc) is 2.99. The first-order valence-corrected chi connectivity index (χ1v) is 10.1. The van der Waals surface area contributed by atoms with Crippen molar-refractivity contribution in [1.29, 1.82) is 0 Å². The summed E-state index contributed by atoms with van der Waals surface area (Å²) < 4.78 is 5.30. The van der Waals surface area contributed by atoms with Crippen LogP contribution in [0.4, 0.5) is 0 Å². The van der Waals surface area contributed by atoms with E-state index in [9.17, 15) is 14.4 Å². The van der Waals surface area contributed by atoms with Crippen LogP contribution in [0.5, 0.6) is 5.75 Å². The van der Waals surface area contributed by atoms with Crippen LogP contribution in [-0.2, 0) is 4.79 Å². The first-order chi connectivity index (χ1) is 14.4. The number of nitrogens with zero attached hydrogens (tertiary/aromatic N) is 1. The molecule has 2 aromatic rings. The van der Waals surface area contributed by atoms with E-state index in [1.807, 2.05) is 38.4 Å². The third-order valence-corrected chi connectivity index (χ3v) is 5.36. The van der Waals surface area contributed by atoms with Crippen molar-refractivity contribution in [3.8, 4) is 5.75 Å². The van der Waals surface area contributed by atoms with Gasteiger partial charge in [-0.25, -0.2) is 0 Å². The van der Waals surface area contributed by atoms with Crippen molar-refractivity contribution in [3.05, 3.63) is 65.2 Å². The van der Waals surface area contributed by atoms with Gasteiger partial charge in [0.15, 0.2) is 0 Å². The van der Waals surface area contributed by atoms with Crippen molar-refractivity contribution >= 4 is 17.7 Å². The Labute approximate surface area is 176 Å². The summed E-state index contributed by atoms with van der Waals surface area (Å²) in [6.07, 6.45) is 0.678. The molecular weight excluding hydrogens is 382 g/mol. The molecule has 0 saturated heterocycles. The summed E-state index contributed by atoms with van der Waals surface area (Å²) in [5, 5.41) is 2.98. The van der Waals surface area contributed by atoms with Gasteiger partial charge < -0.3 is 15.0 Å². The van der Waals surface area contributed by atoms with Gasteiger partial charge in [0.05, 0.1) is 38.9 Å². The first-order valence-electron chi connectivity index (χ1n) is 10.1. The van der Waals surface area contributed by atoms with Crippen molar-refractivity contribution in [2.75, 3.05) is 34.3 Å². The molecule has 30 heavy (non-hydrogen) atoms. The molecule has 3 amide bonds. The predicted molar refractivity (Wildman–Crippen MR) is 113 cm³/mol. The van der Waals surface area contributed by atoms with Gasteiger partial charge in [0.1, 0.15) is 11.8 Å². The second-order valence-corrected chi connectivity index (χ2v) is 7.62. The Morgan fingerprint density at radius 3 is 2.33 bits per heavy atom. The summed E-state index contributed by atoms with van der Waals surface area (Å²) in [5.74, 6) is 0.113. The van der Waals surface area contributed by atoms with E-state index < -0.39 is 0 Å². The lowest BCUT2D eigenvalue weighted by Crippen LogP contribution is -3.07. The van der Waals surface area contributed by atoms with E-state index in [1.165, 1.54) is 9.80 Å². The van der Waals surface area contributed by atoms with Crippen LogP contribution in [0.1, 0.15) is 45.2 Å². The number of nitrogens with one attached hydrogen (secondary N) is 2. The minimum Gasteiger partial charge on any atom is -0.497 e. The largest absolute Gasteiger partial charge is 0.497 e. The molecule has 7 nitrogen and oxygen atoms in total. The van der Waals surface area contributed by atoms with Gasteiger partial charge in [-0.1, -0.05) is 24.3 Å². The third-order valence-electron chi connectivity index (χ3n) is 5.36. The summed E-state index contributed by atoms with van der Waals surface area (Å²) in [6, 6.07) is 14.7. The molecule has 7 heteroatoms. The second kappa shape index (κ2) is 9.54. The number of quaternary nitrogens is 1. The highest BCUT2D eigenvalue weighted by Crippen LogP contribution is 2.22. The van der Waals surface area contributed by atoms with Gasteiger partial charge in [0.2, 0.25) is 5.91 Å². The average molecular weight is 410 g/mol. The van der Waals surface area contributed by atoms with E-state index in [1.54, 1.807) is 31.4 Å². The van der Waals surface area contributed by atoms with Gasteiger partial charge >= 0.3 is 0 Å². The number of fused-ring (bicyclic) bond motifs is 1. The maximum Gasteiger partial charge on any atom is 0.261 e. The van der Waals surface area contributed by atoms with Gasteiger partial charge in [-0.05, 0) is 30.7 Å². The molecule has 0 spiro atoms. The zero-order chi connectivity index (χ0) is 21.7. The third kappa shape index (κ3) is 4.68. The van der Waals surface area contributed by atoms with Crippen molar-refractivity contribution in [2.24, 2.45) is 0 Å². The monoisotopic (exact) mass is 410 g/mol. The summed E-state index contributed by atoms with van der Waals surface area (Å²) in [4.78, 5) is 39.5. The van der Waals surface area contributed by atoms with E-state index in [2.05, 4.69) is 5.32 Å². The molecule has 0 unspecified atom stereocenters. The number of methoxy groups -OCH3 is 1. The van der Waals surface area contributed by atoms with Crippen LogP contribution in [0.2, 0.25) is 0 Å². The number of hydrogen-bond acceptors (Lipinski definition) is 4. The molecule has 158 valence electrons. The maximum absolute atomic E-state index is 12.4. The molecule has 0 aromatic heterocycles. The standard InChI is InChI=1S/C23H27N3O4/c1-25(2)20(16-8-6-9-17(14-16)30-3)15-24-21(27)12-7-13-26-22(28)18-10-4-5-11-19(18)23(26)29/h4-6,8-11,14,20H,7,12-13,15H2,1-3H3,(H,24,27)/p+1/t20-/m1/s1. The summed E-state index contributed by atoms with van der Waals surface area (Å²) in [5.41, 5.74) is 1.95. The molecule has 2 aromatic carbocycles. The second-order valence-electron chi connectivity index (χ2n) is 7.62. The van der Waals surface area contributed by atoms with E-state index in [0.717, 1.165) is 11.3 Å². The molecular formula is C23H28N3O4+. The highest BCUT2D eigenvalue weighted by atomic mass is 16.5. The Balaban J connectivity index is 1.50. The Kier molecular flexibility index (Phi) is 6.84. The number of amides is 3. The first kappa shape index (κ1) is 21.5. The zero-order valence-electron chi connectivity index (χ0n) is 17.6. The van der Waals surface area contributed by atoms with Gasteiger partial charge in [-0.2, -0.15) is 0 Å². The Bertz CT molecular complexity index is 907. The molecule has 0 bridgehead atoms. The lowest BCUT2D eigenvalue weighted by molar-refractivity contribution is -0.890. The topological polar surface area (TPSA) is 80.2 Å². The molecule has 0 aliphatic carbocycles. The van der Waals surface area contributed by atoms with Gasteiger partial charge in [0.25, 0.3) is 11.8 Å². The van der Waals surface area contributed by atoms with Crippen LogP contribution in [0.15, 0.2) is 48.5 Å². The number of imide groups is 1. The van der Waals surface area contributed by atoms with E-state index >= 15 is 0 Å². The molecule has 0 radical (unpaired) electrons. The highest BCUT2D eigenvalue weighted by molar-refractivity contribution is 6.21. The fourth-order valence-corrected chi connectivity index (χ4v) is 3.66. The molecule has 1 heterocycles. The number of likely N-dealkylation sites (N-methyl/N-ethyl adjacent to an activating group) is 1. The molecule has 1 aliphatic rings. The predicted octanol–water partition coefficient (Wildman–Crippen LogP) is 1.07. The normalized spacial score (nSPS) is 14.1. The van der Waals surface area contributed by atoms with Gasteiger partial charge in [-0.15, -0.1) is 0 Å². The Hall–Kier alpha value is -3.19. The fraction of sp³-hybridized carbons (Fsp3) is 0.348. The van der Waals surface area contributed by atoms with Crippen molar-refractivity contribution in [2.45, 2.75) is 18.9 Å². The summed E-state index contributed by atoms with van der Waals surface area (Å²) in [7, 11) is 5.71. The van der Waals surface area contributed by atoms with Gasteiger partial charge in [-0.3, -0.25) is 19.3 Å². The molecule has 3 rings (SSSR count). The molecule has 1 atom stereocenters. The maximum atomic E-state index is 12.4. The van der Waals surface area contributed by atoms with Crippen molar-refractivity contribution in [1.82, 2.24) is 10.2 Å². The van der Waals surface area contributed by atoms with Crippen LogP contribution in [0.3, 0.4) is 0 Å². The highest BCUT2D eigenvalue weighted by Gasteiger charge is 2.34. The van der Waals surface area contributed by atoms with Crippen LogP contribution < -0.4 is 15.0 Å². The molecule has 0 saturated carbocycles. The molecule has 0 fully saturated rings. The number of hydrogen-bond donors (Lipinski definition) is 2. The Morgan fingerprint density at radius 1 is 1.07 bits per heavy atom.